The number of ether oxygens (including phenoxy) is 2. The fourth-order valence-electron chi connectivity index (χ4n) is 2.00. The van der Waals surface area contributed by atoms with Gasteiger partial charge in [0.2, 0.25) is 0 Å². The van der Waals surface area contributed by atoms with Crippen LogP contribution in [0.2, 0.25) is 0 Å². The standard InChI is InChI=1S/C16H23F2NO3/c1-10-8-11(13(21-5)9-12(10)14(17)18)6-7-19-15(20)22-16(2,3)4/h8-9,14H,6-7H2,1-5H3,(H,19,20). The lowest BCUT2D eigenvalue weighted by Gasteiger charge is -2.20. The predicted molar refractivity (Wildman–Crippen MR) is 80.6 cm³/mol. The van der Waals surface area contributed by atoms with Gasteiger partial charge >= 0.3 is 6.09 Å². The van der Waals surface area contributed by atoms with Crippen LogP contribution in [0.1, 0.15) is 43.9 Å². The molecule has 1 aromatic rings. The highest BCUT2D eigenvalue weighted by Crippen LogP contribution is 2.30. The fourth-order valence-corrected chi connectivity index (χ4v) is 2.00. The van der Waals surface area contributed by atoms with Crippen molar-refractivity contribution in [1.29, 1.82) is 0 Å². The zero-order valence-electron chi connectivity index (χ0n) is 13.6. The van der Waals surface area contributed by atoms with E-state index in [4.69, 9.17) is 9.47 Å². The van der Waals surface area contributed by atoms with Crippen LogP contribution in [0.4, 0.5) is 13.6 Å². The van der Waals surface area contributed by atoms with Crippen LogP contribution in [0.15, 0.2) is 12.1 Å². The highest BCUT2D eigenvalue weighted by molar-refractivity contribution is 5.67. The molecule has 0 saturated carbocycles. The molecule has 124 valence electrons. The van der Waals surface area contributed by atoms with E-state index in [1.807, 2.05) is 0 Å². The summed E-state index contributed by atoms with van der Waals surface area (Å²) in [6.07, 6.45) is -2.58. The second kappa shape index (κ2) is 7.42. The molecule has 0 unspecified atom stereocenters. The second-order valence-corrected chi connectivity index (χ2v) is 6.00. The van der Waals surface area contributed by atoms with Gasteiger partial charge in [0, 0.05) is 12.1 Å². The van der Waals surface area contributed by atoms with E-state index in [2.05, 4.69) is 5.32 Å². The van der Waals surface area contributed by atoms with Crippen molar-refractivity contribution in [3.63, 3.8) is 0 Å². The van der Waals surface area contributed by atoms with Gasteiger partial charge in [-0.1, -0.05) is 6.07 Å². The Kier molecular flexibility index (Phi) is 6.14. The molecule has 0 radical (unpaired) electrons. The largest absolute Gasteiger partial charge is 0.496 e. The first-order valence-electron chi connectivity index (χ1n) is 7.06. The van der Waals surface area contributed by atoms with Gasteiger partial charge < -0.3 is 14.8 Å². The minimum Gasteiger partial charge on any atom is -0.496 e. The number of alkyl carbamates (subject to hydrolysis) is 1. The van der Waals surface area contributed by atoms with Crippen LogP contribution in [0.25, 0.3) is 0 Å². The first-order chi connectivity index (χ1) is 10.1. The molecule has 0 fully saturated rings. The molecule has 6 heteroatoms. The maximum atomic E-state index is 12.9. The molecule has 1 rings (SSSR count). The number of hydrogen-bond donors (Lipinski definition) is 1. The Balaban J connectivity index is 2.70. The van der Waals surface area contributed by atoms with Crippen molar-refractivity contribution in [3.05, 3.63) is 28.8 Å². The quantitative estimate of drug-likeness (QED) is 0.893. The number of aryl methyl sites for hydroxylation is 1. The zero-order chi connectivity index (χ0) is 16.9. The SMILES string of the molecule is COc1cc(C(F)F)c(C)cc1CCNC(=O)OC(C)(C)C. The summed E-state index contributed by atoms with van der Waals surface area (Å²) in [5.74, 6) is 0.395. The van der Waals surface area contributed by atoms with Crippen LogP contribution in [0, 0.1) is 6.92 Å². The Morgan fingerprint density at radius 1 is 1.32 bits per heavy atom. The topological polar surface area (TPSA) is 47.6 Å². The van der Waals surface area contributed by atoms with Crippen LogP contribution >= 0.6 is 0 Å². The third-order valence-electron chi connectivity index (χ3n) is 2.97. The first-order valence-corrected chi connectivity index (χ1v) is 7.06. The van der Waals surface area contributed by atoms with Gasteiger partial charge in [0.25, 0.3) is 6.43 Å². The maximum Gasteiger partial charge on any atom is 0.407 e. The van der Waals surface area contributed by atoms with E-state index in [-0.39, 0.29) is 5.56 Å². The van der Waals surface area contributed by atoms with E-state index in [9.17, 15) is 13.6 Å². The smallest absolute Gasteiger partial charge is 0.407 e. The number of benzene rings is 1. The Bertz CT molecular complexity index is 525. The highest BCUT2D eigenvalue weighted by atomic mass is 19.3. The predicted octanol–water partition coefficient (Wildman–Crippen LogP) is 4.01. The van der Waals surface area contributed by atoms with Crippen LogP contribution in [-0.2, 0) is 11.2 Å². The van der Waals surface area contributed by atoms with E-state index in [1.54, 1.807) is 33.8 Å². The lowest BCUT2D eigenvalue weighted by atomic mass is 10.0. The van der Waals surface area contributed by atoms with Crippen LogP contribution in [0.5, 0.6) is 5.75 Å². The van der Waals surface area contributed by atoms with E-state index >= 15 is 0 Å². The molecule has 0 saturated heterocycles. The summed E-state index contributed by atoms with van der Waals surface area (Å²) in [6.45, 7) is 7.30. The summed E-state index contributed by atoms with van der Waals surface area (Å²) in [7, 11) is 1.44. The average Bonchev–Trinajstić information content (AvgIpc) is 2.36. The third kappa shape index (κ3) is 5.50. The Labute approximate surface area is 129 Å². The summed E-state index contributed by atoms with van der Waals surface area (Å²) in [5, 5.41) is 2.63. The maximum absolute atomic E-state index is 12.9. The van der Waals surface area contributed by atoms with Crippen molar-refractivity contribution in [2.24, 2.45) is 0 Å². The van der Waals surface area contributed by atoms with Crippen molar-refractivity contribution >= 4 is 6.09 Å². The summed E-state index contributed by atoms with van der Waals surface area (Å²) < 4.78 is 36.0. The van der Waals surface area contributed by atoms with Gasteiger partial charge in [-0.2, -0.15) is 0 Å². The number of hydrogen-bond acceptors (Lipinski definition) is 3. The van der Waals surface area contributed by atoms with Crippen molar-refractivity contribution < 1.29 is 23.0 Å². The number of nitrogens with one attached hydrogen (secondary N) is 1. The van der Waals surface area contributed by atoms with Crippen LogP contribution in [-0.4, -0.2) is 25.3 Å². The number of rotatable bonds is 5. The Morgan fingerprint density at radius 2 is 1.95 bits per heavy atom. The minimum absolute atomic E-state index is 0.0410. The molecular weight excluding hydrogens is 292 g/mol. The summed E-state index contributed by atoms with van der Waals surface area (Å²) in [4.78, 5) is 11.5. The molecule has 0 aliphatic carbocycles. The van der Waals surface area contributed by atoms with E-state index < -0.39 is 18.1 Å². The van der Waals surface area contributed by atoms with Crippen LogP contribution < -0.4 is 10.1 Å². The highest BCUT2D eigenvalue weighted by Gasteiger charge is 2.17. The van der Waals surface area contributed by atoms with Gasteiger partial charge in [-0.3, -0.25) is 0 Å². The first kappa shape index (κ1) is 18.2. The molecule has 1 amide bonds. The lowest BCUT2D eigenvalue weighted by Crippen LogP contribution is -2.33. The molecule has 22 heavy (non-hydrogen) atoms. The molecule has 1 N–H and O–H groups in total. The number of methoxy groups -OCH3 is 1. The second-order valence-electron chi connectivity index (χ2n) is 6.00. The molecule has 4 nitrogen and oxygen atoms in total. The number of alkyl halides is 2. The van der Waals surface area contributed by atoms with Gasteiger partial charge in [0.15, 0.2) is 0 Å². The van der Waals surface area contributed by atoms with Gasteiger partial charge in [-0.15, -0.1) is 0 Å². The third-order valence-corrected chi connectivity index (χ3v) is 2.97. The van der Waals surface area contributed by atoms with E-state index in [0.717, 1.165) is 5.56 Å². The summed E-state index contributed by atoms with van der Waals surface area (Å²) in [5.41, 5.74) is 0.668. The molecule has 0 aliphatic heterocycles. The zero-order valence-corrected chi connectivity index (χ0v) is 13.6. The fraction of sp³-hybridized carbons (Fsp3) is 0.562. The normalized spacial score (nSPS) is 11.5. The van der Waals surface area contributed by atoms with Crippen LogP contribution in [0.3, 0.4) is 0 Å². The summed E-state index contributed by atoms with van der Waals surface area (Å²) in [6, 6.07) is 3.01. The number of halogens is 2. The Hall–Kier alpha value is -1.85. The van der Waals surface area contributed by atoms with Gasteiger partial charge in [-0.25, -0.2) is 13.6 Å². The summed E-state index contributed by atoms with van der Waals surface area (Å²) >= 11 is 0. The van der Waals surface area contributed by atoms with Gasteiger partial charge in [0.1, 0.15) is 11.4 Å². The number of amides is 1. The molecule has 1 aromatic carbocycles. The van der Waals surface area contributed by atoms with Crippen molar-refractivity contribution in [3.8, 4) is 5.75 Å². The minimum atomic E-state index is -2.54. The monoisotopic (exact) mass is 315 g/mol. The molecule has 0 atom stereocenters. The average molecular weight is 315 g/mol. The molecular formula is C16H23F2NO3. The van der Waals surface area contributed by atoms with Crippen molar-refractivity contribution in [2.75, 3.05) is 13.7 Å². The molecule has 0 spiro atoms. The van der Waals surface area contributed by atoms with Gasteiger partial charge in [0.05, 0.1) is 7.11 Å². The van der Waals surface area contributed by atoms with Crippen molar-refractivity contribution in [2.45, 2.75) is 46.1 Å². The Morgan fingerprint density at radius 3 is 2.45 bits per heavy atom. The molecule has 0 heterocycles. The molecule has 0 aromatic heterocycles. The van der Waals surface area contributed by atoms with E-state index in [0.29, 0.717) is 24.3 Å². The van der Waals surface area contributed by atoms with Gasteiger partial charge in [-0.05, 0) is 51.3 Å². The number of carbonyl (C=O) groups excluding carboxylic acids is 1. The molecule has 0 aliphatic rings. The van der Waals surface area contributed by atoms with Crippen molar-refractivity contribution in [1.82, 2.24) is 5.32 Å². The lowest BCUT2D eigenvalue weighted by molar-refractivity contribution is 0.0528. The molecule has 0 bridgehead atoms. The number of carbonyl (C=O) groups is 1. The van der Waals surface area contributed by atoms with E-state index in [1.165, 1.54) is 13.2 Å².